The molecule has 10 heteroatoms. The van der Waals surface area contributed by atoms with Crippen molar-refractivity contribution in [3.8, 4) is 0 Å². The molecular weight excluding hydrogens is 334 g/mol. The van der Waals surface area contributed by atoms with E-state index < -0.39 is 0 Å². The lowest BCUT2D eigenvalue weighted by Crippen LogP contribution is -2.39. The molecule has 0 radical (unpaired) electrons. The standard InChI is InChI=1S/C12H22N2O2.C2H7N5.ClH/c13-11(15)7-3-4-8-12(16)14-9-5-1-2-6-10-14;3-1(4)7-2(5)6;/h1-10H2,(H2,13,15);(H7,3,4,5,6,7);1H. The lowest BCUT2D eigenvalue weighted by atomic mass is 10.1. The number of primary amides is 1. The van der Waals surface area contributed by atoms with Crippen molar-refractivity contribution in [1.29, 1.82) is 10.8 Å². The molecule has 0 atom stereocenters. The lowest BCUT2D eigenvalue weighted by Gasteiger charge is -2.20. The molecule has 0 aromatic heterocycles. The highest BCUT2D eigenvalue weighted by molar-refractivity contribution is 5.93. The van der Waals surface area contributed by atoms with Crippen LogP contribution in [0, 0.1) is 10.8 Å². The highest BCUT2D eigenvalue weighted by Gasteiger charge is 2.14. The second-order valence-corrected chi connectivity index (χ2v) is 5.42. The van der Waals surface area contributed by atoms with E-state index >= 15 is 0 Å². The number of rotatable bonds is 5. The summed E-state index contributed by atoms with van der Waals surface area (Å²) in [5.74, 6) is -0.659. The summed E-state index contributed by atoms with van der Waals surface area (Å²) in [6, 6.07) is 0. The molecular formula is C14H30ClN7O2. The SMILES string of the molecule is Cl.N=C(N)NC(=N)N.NC(=O)CCCCC(=O)N1CCCCCC1. The molecule has 0 bridgehead atoms. The summed E-state index contributed by atoms with van der Waals surface area (Å²) < 4.78 is 0. The zero-order valence-corrected chi connectivity index (χ0v) is 14.8. The minimum absolute atomic E-state index is 0. The third-order valence-electron chi connectivity index (χ3n) is 3.29. The Morgan fingerprint density at radius 3 is 1.71 bits per heavy atom. The Bertz CT molecular complexity index is 398. The number of carbonyl (C=O) groups excluding carboxylic acids is 2. The Hall–Kier alpha value is -2.03. The Labute approximate surface area is 149 Å². The Kier molecular flexibility index (Phi) is 14.7. The maximum absolute atomic E-state index is 11.8. The van der Waals surface area contributed by atoms with Crippen LogP contribution in [0.1, 0.15) is 51.4 Å². The summed E-state index contributed by atoms with van der Waals surface area (Å²) in [4.78, 5) is 24.3. The van der Waals surface area contributed by atoms with Crippen molar-refractivity contribution in [3.63, 3.8) is 0 Å². The van der Waals surface area contributed by atoms with Gasteiger partial charge in [0.2, 0.25) is 11.8 Å². The number of hydrogen-bond acceptors (Lipinski definition) is 4. The van der Waals surface area contributed by atoms with Crippen LogP contribution in [0.5, 0.6) is 0 Å². The Balaban J connectivity index is 0. The molecule has 140 valence electrons. The molecule has 2 amide bonds. The zero-order valence-electron chi connectivity index (χ0n) is 14.0. The quantitative estimate of drug-likeness (QED) is 0.232. The third kappa shape index (κ3) is 14.9. The zero-order chi connectivity index (χ0) is 17.7. The van der Waals surface area contributed by atoms with E-state index in [-0.39, 0.29) is 36.1 Å². The number of likely N-dealkylation sites (tertiary alicyclic amines) is 1. The molecule has 0 unspecified atom stereocenters. The van der Waals surface area contributed by atoms with Crippen LogP contribution in [0.2, 0.25) is 0 Å². The number of unbranched alkanes of at least 4 members (excludes halogenated alkanes) is 1. The van der Waals surface area contributed by atoms with E-state index in [4.69, 9.17) is 28.0 Å². The predicted octanol–water partition coefficient (Wildman–Crippen LogP) is 0.219. The van der Waals surface area contributed by atoms with Crippen LogP contribution in [0.15, 0.2) is 0 Å². The summed E-state index contributed by atoms with van der Waals surface area (Å²) in [5, 5.41) is 15.0. The molecule has 24 heavy (non-hydrogen) atoms. The van der Waals surface area contributed by atoms with Gasteiger partial charge in [0.1, 0.15) is 0 Å². The van der Waals surface area contributed by atoms with Gasteiger partial charge in [0.15, 0.2) is 11.9 Å². The summed E-state index contributed by atoms with van der Waals surface area (Å²) in [5.41, 5.74) is 14.5. The van der Waals surface area contributed by atoms with Gasteiger partial charge in [-0.1, -0.05) is 12.8 Å². The van der Waals surface area contributed by atoms with Crippen molar-refractivity contribution < 1.29 is 9.59 Å². The van der Waals surface area contributed by atoms with Gasteiger partial charge >= 0.3 is 0 Å². The first-order chi connectivity index (χ1) is 10.8. The van der Waals surface area contributed by atoms with Crippen LogP contribution in [0.3, 0.4) is 0 Å². The molecule has 0 aliphatic carbocycles. The molecule has 1 rings (SSSR count). The Morgan fingerprint density at radius 1 is 0.875 bits per heavy atom. The van der Waals surface area contributed by atoms with Gasteiger partial charge in [0.05, 0.1) is 0 Å². The topological polar surface area (TPSA) is 175 Å². The highest BCUT2D eigenvalue weighted by Crippen LogP contribution is 2.12. The number of nitrogens with one attached hydrogen (secondary N) is 3. The Morgan fingerprint density at radius 2 is 1.33 bits per heavy atom. The van der Waals surface area contributed by atoms with E-state index in [1.54, 1.807) is 0 Å². The largest absolute Gasteiger partial charge is 0.370 e. The first kappa shape index (κ1) is 24.2. The van der Waals surface area contributed by atoms with Crippen molar-refractivity contribution in [2.45, 2.75) is 51.4 Å². The van der Waals surface area contributed by atoms with Crippen LogP contribution in [0.25, 0.3) is 0 Å². The average molecular weight is 364 g/mol. The van der Waals surface area contributed by atoms with E-state index in [0.717, 1.165) is 38.8 Å². The fraction of sp³-hybridized carbons (Fsp3) is 0.714. The number of carbonyl (C=O) groups is 2. The normalized spacial score (nSPS) is 13.4. The highest BCUT2D eigenvalue weighted by atomic mass is 35.5. The van der Waals surface area contributed by atoms with Gasteiger partial charge in [-0.05, 0) is 25.7 Å². The minimum Gasteiger partial charge on any atom is -0.370 e. The van der Waals surface area contributed by atoms with E-state index in [2.05, 4.69) is 0 Å². The number of halogens is 1. The van der Waals surface area contributed by atoms with Crippen molar-refractivity contribution >= 4 is 36.1 Å². The molecule has 1 heterocycles. The second-order valence-electron chi connectivity index (χ2n) is 5.42. The summed E-state index contributed by atoms with van der Waals surface area (Å²) in [6.07, 6.45) is 7.21. The monoisotopic (exact) mass is 363 g/mol. The molecule has 0 spiro atoms. The van der Waals surface area contributed by atoms with Gasteiger partial charge in [-0.15, -0.1) is 12.4 Å². The van der Waals surface area contributed by atoms with Crippen molar-refractivity contribution in [1.82, 2.24) is 10.2 Å². The van der Waals surface area contributed by atoms with E-state index in [1.165, 1.54) is 12.8 Å². The molecule has 0 saturated carbocycles. The molecule has 1 aliphatic heterocycles. The van der Waals surface area contributed by atoms with Gasteiger partial charge in [0.25, 0.3) is 0 Å². The van der Waals surface area contributed by atoms with Crippen molar-refractivity contribution in [2.75, 3.05) is 13.1 Å². The van der Waals surface area contributed by atoms with Crippen LogP contribution in [0.4, 0.5) is 0 Å². The molecule has 9 N–H and O–H groups in total. The van der Waals surface area contributed by atoms with Crippen LogP contribution < -0.4 is 22.5 Å². The van der Waals surface area contributed by atoms with Gasteiger partial charge in [0, 0.05) is 25.9 Å². The van der Waals surface area contributed by atoms with Gasteiger partial charge in [-0.3, -0.25) is 25.7 Å². The van der Waals surface area contributed by atoms with Crippen LogP contribution >= 0.6 is 12.4 Å². The number of guanidine groups is 2. The molecule has 1 saturated heterocycles. The molecule has 0 aromatic rings. The smallest absolute Gasteiger partial charge is 0.222 e. The fourth-order valence-corrected chi connectivity index (χ4v) is 2.20. The molecule has 1 fully saturated rings. The van der Waals surface area contributed by atoms with E-state index in [0.29, 0.717) is 12.8 Å². The molecule has 1 aliphatic rings. The van der Waals surface area contributed by atoms with Crippen molar-refractivity contribution in [2.24, 2.45) is 17.2 Å². The second kappa shape index (κ2) is 14.6. The summed E-state index contributed by atoms with van der Waals surface area (Å²) in [7, 11) is 0. The number of nitrogens with zero attached hydrogens (tertiary/aromatic N) is 1. The maximum Gasteiger partial charge on any atom is 0.222 e. The van der Waals surface area contributed by atoms with Crippen molar-refractivity contribution in [3.05, 3.63) is 0 Å². The van der Waals surface area contributed by atoms with Crippen LogP contribution in [-0.4, -0.2) is 41.7 Å². The first-order valence-corrected chi connectivity index (χ1v) is 7.84. The number of hydrogen-bond donors (Lipinski definition) is 6. The predicted molar refractivity (Wildman–Crippen MR) is 96.9 cm³/mol. The first-order valence-electron chi connectivity index (χ1n) is 7.84. The van der Waals surface area contributed by atoms with Gasteiger partial charge in [-0.25, -0.2) is 0 Å². The molecule has 9 nitrogen and oxygen atoms in total. The van der Waals surface area contributed by atoms with E-state index in [1.807, 2.05) is 10.2 Å². The number of nitrogens with two attached hydrogens (primary N) is 3. The lowest BCUT2D eigenvalue weighted by molar-refractivity contribution is -0.131. The van der Waals surface area contributed by atoms with Crippen LogP contribution in [-0.2, 0) is 9.59 Å². The van der Waals surface area contributed by atoms with Gasteiger partial charge < -0.3 is 22.1 Å². The average Bonchev–Trinajstić information content (AvgIpc) is 2.71. The van der Waals surface area contributed by atoms with Gasteiger partial charge in [-0.2, -0.15) is 0 Å². The maximum atomic E-state index is 11.8. The van der Waals surface area contributed by atoms with E-state index in [9.17, 15) is 9.59 Å². The number of amides is 2. The fourth-order valence-electron chi connectivity index (χ4n) is 2.20. The minimum atomic E-state index is -0.312. The summed E-state index contributed by atoms with van der Waals surface area (Å²) in [6.45, 7) is 1.82. The third-order valence-corrected chi connectivity index (χ3v) is 3.29. The molecule has 0 aromatic carbocycles. The summed E-state index contributed by atoms with van der Waals surface area (Å²) >= 11 is 0.